The third kappa shape index (κ3) is 5.41. The third-order valence-electron chi connectivity index (χ3n) is 5.19. The number of aromatic hydroxyl groups is 1. The fourth-order valence-electron chi connectivity index (χ4n) is 3.96. The highest BCUT2D eigenvalue weighted by Gasteiger charge is 2.31. The zero-order valence-corrected chi connectivity index (χ0v) is 15.5. The monoisotopic (exact) mass is 368 g/mol. The molecule has 0 spiro atoms. The van der Waals surface area contributed by atoms with Gasteiger partial charge in [-0.25, -0.2) is 13.1 Å². The van der Waals surface area contributed by atoms with Gasteiger partial charge in [-0.1, -0.05) is 12.1 Å². The SMILES string of the molecule is CS(=O)(=O)N[C@H]1CCCN[C@H]1CO[C@@H]1CCC(c2cccc(O)c2)C1. The van der Waals surface area contributed by atoms with E-state index in [1.165, 1.54) is 11.8 Å². The van der Waals surface area contributed by atoms with Crippen LogP contribution < -0.4 is 10.0 Å². The minimum absolute atomic E-state index is 0.0169. The summed E-state index contributed by atoms with van der Waals surface area (Å²) in [5.41, 5.74) is 1.17. The Bertz CT molecular complexity index is 679. The molecular formula is C18H28N2O4S. The summed E-state index contributed by atoms with van der Waals surface area (Å²) in [6.45, 7) is 1.41. The van der Waals surface area contributed by atoms with Crippen LogP contribution >= 0.6 is 0 Å². The smallest absolute Gasteiger partial charge is 0.209 e. The Labute approximate surface area is 150 Å². The van der Waals surface area contributed by atoms with Crippen LogP contribution in [0.25, 0.3) is 0 Å². The lowest BCUT2D eigenvalue weighted by atomic mass is 9.97. The van der Waals surface area contributed by atoms with Crippen LogP contribution in [0.1, 0.15) is 43.6 Å². The van der Waals surface area contributed by atoms with Crippen molar-refractivity contribution < 1.29 is 18.3 Å². The molecule has 1 saturated heterocycles. The Morgan fingerprint density at radius 1 is 1.32 bits per heavy atom. The van der Waals surface area contributed by atoms with Gasteiger partial charge >= 0.3 is 0 Å². The van der Waals surface area contributed by atoms with Crippen molar-refractivity contribution in [2.24, 2.45) is 0 Å². The number of phenolic OH excluding ortho intramolecular Hbond substituents is 1. The number of benzene rings is 1. The minimum Gasteiger partial charge on any atom is -0.508 e. The molecule has 1 aromatic carbocycles. The molecule has 7 heteroatoms. The van der Waals surface area contributed by atoms with Crippen LogP contribution in [-0.2, 0) is 14.8 Å². The average Bonchev–Trinajstić information content (AvgIpc) is 3.02. The van der Waals surface area contributed by atoms with E-state index in [0.717, 1.165) is 38.6 Å². The van der Waals surface area contributed by atoms with E-state index in [2.05, 4.69) is 16.1 Å². The van der Waals surface area contributed by atoms with Gasteiger partial charge in [-0.3, -0.25) is 0 Å². The summed E-state index contributed by atoms with van der Waals surface area (Å²) >= 11 is 0. The average molecular weight is 368 g/mol. The van der Waals surface area contributed by atoms with Gasteiger partial charge in [0.15, 0.2) is 0 Å². The summed E-state index contributed by atoms with van der Waals surface area (Å²) in [5.74, 6) is 0.726. The quantitative estimate of drug-likeness (QED) is 0.712. The van der Waals surface area contributed by atoms with Gasteiger partial charge in [-0.2, -0.15) is 0 Å². The fraction of sp³-hybridized carbons (Fsp3) is 0.667. The van der Waals surface area contributed by atoms with Crippen molar-refractivity contribution >= 4 is 10.0 Å². The predicted octanol–water partition coefficient (Wildman–Crippen LogP) is 1.71. The first kappa shape index (κ1) is 18.6. The minimum atomic E-state index is -3.21. The molecule has 1 unspecified atom stereocenters. The Hall–Kier alpha value is -1.15. The van der Waals surface area contributed by atoms with Crippen LogP contribution in [-0.4, -0.2) is 51.1 Å². The van der Waals surface area contributed by atoms with Gasteiger partial charge in [0.2, 0.25) is 10.0 Å². The van der Waals surface area contributed by atoms with E-state index < -0.39 is 10.0 Å². The number of hydrogen-bond acceptors (Lipinski definition) is 5. The van der Waals surface area contributed by atoms with Crippen molar-refractivity contribution in [3.8, 4) is 5.75 Å². The van der Waals surface area contributed by atoms with Crippen LogP contribution in [0.5, 0.6) is 5.75 Å². The molecule has 2 fully saturated rings. The van der Waals surface area contributed by atoms with Gasteiger partial charge < -0.3 is 15.2 Å². The molecule has 6 nitrogen and oxygen atoms in total. The summed E-state index contributed by atoms with van der Waals surface area (Å²) in [7, 11) is -3.21. The maximum atomic E-state index is 11.5. The second-order valence-corrected chi connectivity index (χ2v) is 9.04. The summed E-state index contributed by atoms with van der Waals surface area (Å²) in [6, 6.07) is 7.38. The molecule has 3 N–H and O–H groups in total. The first-order valence-corrected chi connectivity index (χ1v) is 10.9. The number of hydrogen-bond donors (Lipinski definition) is 3. The number of piperidine rings is 1. The van der Waals surface area contributed by atoms with Crippen molar-refractivity contribution in [2.75, 3.05) is 19.4 Å². The molecule has 1 saturated carbocycles. The van der Waals surface area contributed by atoms with Gasteiger partial charge in [0.05, 0.1) is 19.0 Å². The standard InChI is InChI=1S/C18H28N2O4S/c1-25(22,23)20-17-6-3-9-19-18(17)12-24-16-8-7-14(11-16)13-4-2-5-15(21)10-13/h2,4-5,10,14,16-21H,3,6-9,11-12H2,1H3/t14?,16-,17+,18+/m1/s1. The molecule has 1 aliphatic heterocycles. The highest BCUT2D eigenvalue weighted by molar-refractivity contribution is 7.88. The molecule has 2 aliphatic rings. The van der Waals surface area contributed by atoms with Crippen molar-refractivity contribution in [3.05, 3.63) is 29.8 Å². The summed E-state index contributed by atoms with van der Waals surface area (Å²) in [6.07, 6.45) is 6.19. The second-order valence-electron chi connectivity index (χ2n) is 7.26. The first-order valence-electron chi connectivity index (χ1n) is 9.02. The molecule has 0 amide bonds. The first-order chi connectivity index (χ1) is 11.9. The normalized spacial score (nSPS) is 30.4. The van der Waals surface area contributed by atoms with E-state index in [1.807, 2.05) is 12.1 Å². The summed E-state index contributed by atoms with van der Waals surface area (Å²) in [5, 5.41) is 13.0. The van der Waals surface area contributed by atoms with E-state index in [9.17, 15) is 13.5 Å². The number of rotatable bonds is 6. The lowest BCUT2D eigenvalue weighted by Gasteiger charge is -2.33. The Morgan fingerprint density at radius 2 is 2.16 bits per heavy atom. The van der Waals surface area contributed by atoms with E-state index in [-0.39, 0.29) is 18.2 Å². The van der Waals surface area contributed by atoms with E-state index in [1.54, 1.807) is 6.07 Å². The van der Waals surface area contributed by atoms with Crippen molar-refractivity contribution in [1.29, 1.82) is 0 Å². The maximum absolute atomic E-state index is 11.5. The number of sulfonamides is 1. The Morgan fingerprint density at radius 3 is 2.92 bits per heavy atom. The molecule has 0 bridgehead atoms. The van der Waals surface area contributed by atoms with Crippen LogP contribution in [0.15, 0.2) is 24.3 Å². The molecule has 140 valence electrons. The number of nitrogens with one attached hydrogen (secondary N) is 2. The number of phenols is 1. The van der Waals surface area contributed by atoms with Crippen LogP contribution in [0.4, 0.5) is 0 Å². The molecule has 4 atom stereocenters. The lowest BCUT2D eigenvalue weighted by Crippen LogP contribution is -2.55. The number of ether oxygens (including phenoxy) is 1. The molecule has 25 heavy (non-hydrogen) atoms. The van der Waals surface area contributed by atoms with Gasteiger partial charge in [0.1, 0.15) is 5.75 Å². The molecular weight excluding hydrogens is 340 g/mol. The highest BCUT2D eigenvalue weighted by Crippen LogP contribution is 2.37. The molecule has 3 rings (SSSR count). The zero-order chi connectivity index (χ0) is 17.9. The van der Waals surface area contributed by atoms with Crippen molar-refractivity contribution in [2.45, 2.75) is 56.2 Å². The molecule has 1 heterocycles. The van der Waals surface area contributed by atoms with Gasteiger partial charge in [-0.15, -0.1) is 0 Å². The van der Waals surface area contributed by atoms with Gasteiger partial charge in [-0.05, 0) is 62.3 Å². The maximum Gasteiger partial charge on any atom is 0.209 e. The van der Waals surface area contributed by atoms with E-state index in [4.69, 9.17) is 4.74 Å². The Balaban J connectivity index is 1.51. The fourth-order valence-corrected chi connectivity index (χ4v) is 4.79. The molecule has 1 aromatic rings. The van der Waals surface area contributed by atoms with Gasteiger partial charge in [0.25, 0.3) is 0 Å². The topological polar surface area (TPSA) is 87.7 Å². The largest absolute Gasteiger partial charge is 0.508 e. The highest BCUT2D eigenvalue weighted by atomic mass is 32.2. The van der Waals surface area contributed by atoms with Crippen LogP contribution in [0, 0.1) is 0 Å². The second kappa shape index (κ2) is 8.03. The molecule has 0 aromatic heterocycles. The molecule has 0 radical (unpaired) electrons. The van der Waals surface area contributed by atoms with Crippen LogP contribution in [0.3, 0.4) is 0 Å². The third-order valence-corrected chi connectivity index (χ3v) is 5.92. The van der Waals surface area contributed by atoms with Gasteiger partial charge in [0, 0.05) is 12.1 Å². The van der Waals surface area contributed by atoms with E-state index in [0.29, 0.717) is 18.3 Å². The van der Waals surface area contributed by atoms with Crippen molar-refractivity contribution in [3.63, 3.8) is 0 Å². The van der Waals surface area contributed by atoms with Crippen LogP contribution in [0.2, 0.25) is 0 Å². The van der Waals surface area contributed by atoms with Crippen molar-refractivity contribution in [1.82, 2.24) is 10.0 Å². The van der Waals surface area contributed by atoms with E-state index >= 15 is 0 Å². The lowest BCUT2D eigenvalue weighted by molar-refractivity contribution is 0.0321. The zero-order valence-electron chi connectivity index (χ0n) is 14.6. The predicted molar refractivity (Wildman–Crippen MR) is 97.2 cm³/mol. The summed E-state index contributed by atoms with van der Waals surface area (Å²) < 4.78 is 31.9. The molecule has 1 aliphatic carbocycles. The summed E-state index contributed by atoms with van der Waals surface area (Å²) in [4.78, 5) is 0. The Kier molecular flexibility index (Phi) is 5.99.